The Morgan fingerprint density at radius 3 is 2.72 bits per heavy atom. The van der Waals surface area contributed by atoms with E-state index in [9.17, 15) is 14.3 Å². The molecule has 0 bridgehead atoms. The Morgan fingerprint density at radius 2 is 2.04 bits per heavy atom. The number of carboxylic acid groups (broad SMARTS) is 1. The maximum Gasteiger partial charge on any atom is 0.374 e. The van der Waals surface area contributed by atoms with Gasteiger partial charge in [-0.05, 0) is 23.8 Å². The first-order chi connectivity index (χ1) is 11.9. The lowest BCUT2D eigenvalue weighted by Gasteiger charge is -2.19. The first-order valence-electron chi connectivity index (χ1n) is 8.00. The van der Waals surface area contributed by atoms with Gasteiger partial charge in [0.25, 0.3) is 0 Å². The molecule has 7 heteroatoms. The number of carboxylic acids is 1. The molecule has 0 saturated heterocycles. The van der Waals surface area contributed by atoms with Crippen molar-refractivity contribution in [1.29, 1.82) is 0 Å². The molecule has 25 heavy (non-hydrogen) atoms. The monoisotopic (exact) mass is 340 g/mol. The second-order valence-corrected chi connectivity index (χ2v) is 6.96. The summed E-state index contributed by atoms with van der Waals surface area (Å²) in [6.45, 7) is 4.81. The summed E-state index contributed by atoms with van der Waals surface area (Å²) >= 11 is 0. The van der Waals surface area contributed by atoms with Crippen molar-refractivity contribution in [1.82, 2.24) is 14.6 Å². The number of aromatic nitrogens is 3. The predicted molar refractivity (Wildman–Crippen MR) is 90.7 cm³/mol. The number of hydrogen-bond donors (Lipinski definition) is 2. The molecule has 0 atom stereocenters. The van der Waals surface area contributed by atoms with Crippen molar-refractivity contribution < 1.29 is 14.3 Å². The highest BCUT2D eigenvalue weighted by molar-refractivity contribution is 5.85. The lowest BCUT2D eigenvalue weighted by Crippen LogP contribution is -2.23. The number of aromatic carboxylic acids is 1. The van der Waals surface area contributed by atoms with Gasteiger partial charge >= 0.3 is 5.97 Å². The number of anilines is 1. The summed E-state index contributed by atoms with van der Waals surface area (Å²) in [5.41, 5.74) is 3.80. The summed E-state index contributed by atoms with van der Waals surface area (Å²) in [6, 6.07) is 8.24. The van der Waals surface area contributed by atoms with Gasteiger partial charge in [0.15, 0.2) is 5.65 Å². The first-order valence-corrected chi connectivity index (χ1v) is 8.00. The molecule has 0 radical (unpaired) electrons. The molecule has 1 aromatic carbocycles. The molecular weight excluding hydrogens is 323 g/mol. The summed E-state index contributed by atoms with van der Waals surface area (Å²) in [7, 11) is 0. The summed E-state index contributed by atoms with van der Waals surface area (Å²) < 4.78 is 14.8. The van der Waals surface area contributed by atoms with Gasteiger partial charge in [0.2, 0.25) is 5.82 Å². The fourth-order valence-corrected chi connectivity index (χ4v) is 3.42. The van der Waals surface area contributed by atoms with Gasteiger partial charge in [0.05, 0.1) is 11.4 Å². The normalized spacial score (nSPS) is 15.2. The Labute approximate surface area is 143 Å². The standard InChI is InChI=1S/C18H17FN4O2/c1-18(2)9-20-13-8-11(7-10-3-5-12(19)6-4-10)15-21-22-16(17(24)25)23(15)14(13)18/h3-6,8,20H,7,9H2,1-2H3,(H,24,25). The Kier molecular flexibility index (Phi) is 3.28. The lowest BCUT2D eigenvalue weighted by molar-refractivity contribution is 0.0681. The third-order valence-electron chi connectivity index (χ3n) is 4.61. The zero-order valence-electron chi connectivity index (χ0n) is 13.9. The molecule has 0 spiro atoms. The van der Waals surface area contributed by atoms with Crippen LogP contribution in [0.4, 0.5) is 10.1 Å². The van der Waals surface area contributed by atoms with Crippen molar-refractivity contribution in [2.24, 2.45) is 0 Å². The highest BCUT2D eigenvalue weighted by Crippen LogP contribution is 2.38. The van der Waals surface area contributed by atoms with Crippen molar-refractivity contribution >= 4 is 17.3 Å². The molecule has 0 saturated carbocycles. The van der Waals surface area contributed by atoms with Crippen LogP contribution in [0, 0.1) is 5.82 Å². The summed E-state index contributed by atoms with van der Waals surface area (Å²) in [5.74, 6) is -1.50. The van der Waals surface area contributed by atoms with Gasteiger partial charge in [-0.25, -0.2) is 9.18 Å². The van der Waals surface area contributed by atoms with E-state index in [1.54, 1.807) is 16.5 Å². The fraction of sp³-hybridized carbons (Fsp3) is 0.278. The Balaban J connectivity index is 1.94. The number of nitrogens with zero attached hydrogens (tertiary/aromatic N) is 3. The second kappa shape index (κ2) is 5.27. The third-order valence-corrected chi connectivity index (χ3v) is 4.61. The van der Waals surface area contributed by atoms with Crippen LogP contribution < -0.4 is 5.32 Å². The number of pyridine rings is 1. The molecule has 1 aliphatic rings. The van der Waals surface area contributed by atoms with Gasteiger partial charge in [0, 0.05) is 23.9 Å². The van der Waals surface area contributed by atoms with E-state index in [4.69, 9.17) is 0 Å². The van der Waals surface area contributed by atoms with Gasteiger partial charge in [-0.15, -0.1) is 10.2 Å². The Bertz CT molecular complexity index is 992. The number of carbonyl (C=O) groups is 1. The Hall–Kier alpha value is -2.96. The number of halogens is 1. The van der Waals surface area contributed by atoms with Crippen LogP contribution in [0.1, 0.15) is 41.3 Å². The molecule has 128 valence electrons. The molecule has 3 heterocycles. The van der Waals surface area contributed by atoms with Crippen molar-refractivity contribution in [2.45, 2.75) is 25.7 Å². The number of nitrogens with one attached hydrogen (secondary N) is 1. The minimum absolute atomic E-state index is 0.0935. The number of hydrogen-bond acceptors (Lipinski definition) is 4. The smallest absolute Gasteiger partial charge is 0.374 e. The highest BCUT2D eigenvalue weighted by Gasteiger charge is 2.35. The quantitative estimate of drug-likeness (QED) is 0.766. The summed E-state index contributed by atoms with van der Waals surface area (Å²) in [5, 5.41) is 20.9. The van der Waals surface area contributed by atoms with Crippen LogP contribution in [0.2, 0.25) is 0 Å². The molecule has 0 fully saturated rings. The number of fused-ring (bicyclic) bond motifs is 3. The zero-order chi connectivity index (χ0) is 17.8. The predicted octanol–water partition coefficient (Wildman–Crippen LogP) is 2.86. The molecule has 2 aromatic heterocycles. The van der Waals surface area contributed by atoms with Crippen LogP contribution in [0.5, 0.6) is 0 Å². The maximum atomic E-state index is 13.1. The maximum absolute atomic E-state index is 13.1. The Morgan fingerprint density at radius 1 is 1.32 bits per heavy atom. The van der Waals surface area contributed by atoms with Crippen LogP contribution in [-0.4, -0.2) is 32.2 Å². The van der Waals surface area contributed by atoms with Gasteiger partial charge in [-0.1, -0.05) is 26.0 Å². The largest absolute Gasteiger partial charge is 0.475 e. The van der Waals surface area contributed by atoms with Crippen molar-refractivity contribution in [3.8, 4) is 0 Å². The fourth-order valence-electron chi connectivity index (χ4n) is 3.42. The molecule has 4 rings (SSSR count). The SMILES string of the molecule is CC1(C)CNc2cc(Cc3ccc(F)cc3)c3nnc(C(=O)O)n3c21. The van der Waals surface area contributed by atoms with Gasteiger partial charge in [-0.2, -0.15) is 0 Å². The molecule has 0 unspecified atom stereocenters. The minimum atomic E-state index is -1.11. The van der Waals surface area contributed by atoms with E-state index in [0.717, 1.165) is 22.5 Å². The number of benzene rings is 1. The first kappa shape index (κ1) is 15.6. The topological polar surface area (TPSA) is 79.5 Å². The van der Waals surface area contributed by atoms with Crippen LogP contribution in [-0.2, 0) is 11.8 Å². The van der Waals surface area contributed by atoms with Crippen LogP contribution in [0.15, 0.2) is 30.3 Å². The molecule has 0 aliphatic carbocycles. The lowest BCUT2D eigenvalue weighted by atomic mass is 9.90. The van der Waals surface area contributed by atoms with Crippen LogP contribution >= 0.6 is 0 Å². The van der Waals surface area contributed by atoms with E-state index < -0.39 is 5.97 Å². The molecule has 1 aliphatic heterocycles. The molecule has 2 N–H and O–H groups in total. The van der Waals surface area contributed by atoms with E-state index in [2.05, 4.69) is 29.4 Å². The zero-order valence-corrected chi connectivity index (χ0v) is 13.9. The van der Waals surface area contributed by atoms with E-state index in [1.165, 1.54) is 12.1 Å². The molecule has 6 nitrogen and oxygen atoms in total. The van der Waals surface area contributed by atoms with E-state index in [0.29, 0.717) is 18.6 Å². The van der Waals surface area contributed by atoms with E-state index >= 15 is 0 Å². The number of rotatable bonds is 3. The van der Waals surface area contributed by atoms with Crippen molar-refractivity contribution in [3.05, 3.63) is 58.8 Å². The van der Waals surface area contributed by atoms with Crippen LogP contribution in [0.3, 0.4) is 0 Å². The average Bonchev–Trinajstić information content (AvgIpc) is 3.11. The van der Waals surface area contributed by atoms with Gasteiger partial charge in [-0.3, -0.25) is 4.40 Å². The average molecular weight is 340 g/mol. The third kappa shape index (κ3) is 2.43. The summed E-state index contributed by atoms with van der Waals surface area (Å²) in [4.78, 5) is 11.6. The summed E-state index contributed by atoms with van der Waals surface area (Å²) in [6.07, 6.45) is 0.511. The van der Waals surface area contributed by atoms with E-state index in [1.807, 2.05) is 6.07 Å². The second-order valence-electron chi connectivity index (χ2n) is 6.96. The van der Waals surface area contributed by atoms with Gasteiger partial charge < -0.3 is 10.4 Å². The highest BCUT2D eigenvalue weighted by atomic mass is 19.1. The van der Waals surface area contributed by atoms with Crippen LogP contribution in [0.25, 0.3) is 5.65 Å². The van der Waals surface area contributed by atoms with Crippen molar-refractivity contribution in [3.63, 3.8) is 0 Å². The molecule has 3 aromatic rings. The van der Waals surface area contributed by atoms with Crippen molar-refractivity contribution in [2.75, 3.05) is 11.9 Å². The molecular formula is C18H17FN4O2. The van der Waals surface area contributed by atoms with E-state index in [-0.39, 0.29) is 17.1 Å². The minimum Gasteiger partial charge on any atom is -0.475 e. The van der Waals surface area contributed by atoms with Gasteiger partial charge in [0.1, 0.15) is 5.82 Å². The molecule has 0 amide bonds.